The highest BCUT2D eigenvalue weighted by molar-refractivity contribution is 5.83. The molecule has 0 spiro atoms. The Morgan fingerprint density at radius 1 is 1.00 bits per heavy atom. The summed E-state index contributed by atoms with van der Waals surface area (Å²) in [5, 5.41) is 0. The molecule has 2 N–H and O–H groups in total. The summed E-state index contributed by atoms with van der Waals surface area (Å²) in [5.41, 5.74) is 6.09. The number of rotatable bonds is 4. The zero-order valence-electron chi connectivity index (χ0n) is 12.8. The molecule has 3 aromatic rings. The van der Waals surface area contributed by atoms with Gasteiger partial charge in [-0.3, -0.25) is 4.98 Å². The molecule has 3 rings (SSSR count). The smallest absolute Gasteiger partial charge is 0.257 e. The number of methoxy groups -OCH3 is 2. The maximum absolute atomic E-state index is 14.2. The van der Waals surface area contributed by atoms with Crippen LogP contribution in [0.1, 0.15) is 0 Å². The number of nitrogens with zero attached hydrogens (tertiary/aromatic N) is 2. The van der Waals surface area contributed by atoms with E-state index in [1.54, 1.807) is 0 Å². The van der Waals surface area contributed by atoms with E-state index in [1.807, 2.05) is 0 Å². The van der Waals surface area contributed by atoms with Crippen molar-refractivity contribution in [1.82, 2.24) is 9.97 Å². The number of fused-ring (bicyclic) bond motifs is 1. The van der Waals surface area contributed by atoms with Crippen molar-refractivity contribution in [3.05, 3.63) is 42.1 Å². The number of ether oxygens (including phenoxy) is 3. The predicted octanol–water partition coefficient (Wildman–Crippen LogP) is 3.30. The van der Waals surface area contributed by atoms with Crippen LogP contribution in [0.4, 0.5) is 14.5 Å². The number of benzene rings is 1. The molecule has 2 heterocycles. The zero-order chi connectivity index (χ0) is 17.3. The summed E-state index contributed by atoms with van der Waals surface area (Å²) in [5.74, 6) is -1.52. The van der Waals surface area contributed by atoms with Crippen molar-refractivity contribution in [2.24, 2.45) is 0 Å². The van der Waals surface area contributed by atoms with Crippen LogP contribution < -0.4 is 19.9 Å². The average molecular weight is 333 g/mol. The van der Waals surface area contributed by atoms with Gasteiger partial charge in [-0.15, -0.1) is 0 Å². The first-order valence-electron chi connectivity index (χ1n) is 6.83. The molecular weight excluding hydrogens is 320 g/mol. The van der Waals surface area contributed by atoms with Crippen LogP contribution in [-0.4, -0.2) is 24.2 Å². The molecule has 0 unspecified atom stereocenters. The normalized spacial score (nSPS) is 10.7. The predicted molar refractivity (Wildman–Crippen MR) is 83.5 cm³/mol. The molecule has 0 fully saturated rings. The molecule has 124 valence electrons. The number of hydrogen-bond acceptors (Lipinski definition) is 6. The zero-order valence-corrected chi connectivity index (χ0v) is 12.8. The minimum absolute atomic E-state index is 0.0730. The topological polar surface area (TPSA) is 79.5 Å². The van der Waals surface area contributed by atoms with Gasteiger partial charge in [-0.1, -0.05) is 0 Å². The molecule has 24 heavy (non-hydrogen) atoms. The van der Waals surface area contributed by atoms with E-state index >= 15 is 0 Å². The van der Waals surface area contributed by atoms with Gasteiger partial charge in [0.15, 0.2) is 28.9 Å². The first-order valence-corrected chi connectivity index (χ1v) is 6.83. The van der Waals surface area contributed by atoms with E-state index in [4.69, 9.17) is 19.9 Å². The van der Waals surface area contributed by atoms with Crippen molar-refractivity contribution < 1.29 is 23.0 Å². The van der Waals surface area contributed by atoms with E-state index in [9.17, 15) is 8.78 Å². The van der Waals surface area contributed by atoms with E-state index in [2.05, 4.69) is 9.97 Å². The summed E-state index contributed by atoms with van der Waals surface area (Å²) in [6.07, 6.45) is 0.959. The summed E-state index contributed by atoms with van der Waals surface area (Å²) in [6.45, 7) is 0. The summed E-state index contributed by atoms with van der Waals surface area (Å²) >= 11 is 0. The maximum atomic E-state index is 14.2. The fourth-order valence-electron chi connectivity index (χ4n) is 2.13. The number of anilines is 1. The second-order valence-corrected chi connectivity index (χ2v) is 4.79. The number of nitrogens with two attached hydrogens (primary N) is 1. The van der Waals surface area contributed by atoms with E-state index in [0.29, 0.717) is 11.3 Å². The first kappa shape index (κ1) is 15.7. The molecule has 0 radical (unpaired) electrons. The number of aromatic nitrogens is 2. The summed E-state index contributed by atoms with van der Waals surface area (Å²) in [4.78, 5) is 8.08. The lowest BCUT2D eigenvalue weighted by atomic mass is 10.2. The fourth-order valence-corrected chi connectivity index (χ4v) is 2.13. The van der Waals surface area contributed by atoms with E-state index in [-0.39, 0.29) is 28.6 Å². The summed E-state index contributed by atoms with van der Waals surface area (Å²) in [6, 6.07) is 5.34. The Hall–Kier alpha value is -3.16. The maximum Gasteiger partial charge on any atom is 0.257 e. The Labute approximate surface area is 135 Å². The van der Waals surface area contributed by atoms with Crippen LogP contribution in [0.3, 0.4) is 0 Å². The molecule has 0 aliphatic carbocycles. The van der Waals surface area contributed by atoms with Crippen molar-refractivity contribution in [3.8, 4) is 23.1 Å². The molecular formula is C16H13F2N3O3. The second kappa shape index (κ2) is 6.15. The lowest BCUT2D eigenvalue weighted by Gasteiger charge is -2.12. The van der Waals surface area contributed by atoms with Gasteiger partial charge in [-0.05, 0) is 12.1 Å². The molecule has 0 saturated heterocycles. The fraction of sp³-hybridized carbons (Fsp3) is 0.125. The number of halogens is 2. The van der Waals surface area contributed by atoms with Crippen LogP contribution in [0.15, 0.2) is 30.5 Å². The highest BCUT2D eigenvalue weighted by Crippen LogP contribution is 2.36. The Morgan fingerprint density at radius 2 is 1.79 bits per heavy atom. The number of nitrogen functional groups attached to an aromatic ring is 1. The van der Waals surface area contributed by atoms with Gasteiger partial charge in [0.05, 0.1) is 25.9 Å². The SMILES string of the molecule is COc1cc2ncc(F)c(Oc3ccc(N)cc3F)c2nc1OC. The number of pyridine rings is 2. The van der Waals surface area contributed by atoms with Crippen molar-refractivity contribution in [3.63, 3.8) is 0 Å². The van der Waals surface area contributed by atoms with Crippen LogP contribution in [0.5, 0.6) is 23.1 Å². The molecule has 0 aliphatic rings. The Balaban J connectivity index is 2.17. The summed E-state index contributed by atoms with van der Waals surface area (Å²) in [7, 11) is 2.83. The van der Waals surface area contributed by atoms with Gasteiger partial charge in [0.25, 0.3) is 5.88 Å². The second-order valence-electron chi connectivity index (χ2n) is 4.79. The van der Waals surface area contributed by atoms with Gasteiger partial charge in [0.2, 0.25) is 0 Å². The third kappa shape index (κ3) is 2.73. The first-order chi connectivity index (χ1) is 11.5. The quantitative estimate of drug-likeness (QED) is 0.738. The van der Waals surface area contributed by atoms with Crippen molar-refractivity contribution in [1.29, 1.82) is 0 Å². The van der Waals surface area contributed by atoms with Gasteiger partial charge in [0, 0.05) is 17.8 Å². The van der Waals surface area contributed by atoms with Crippen LogP contribution >= 0.6 is 0 Å². The van der Waals surface area contributed by atoms with Gasteiger partial charge in [-0.2, -0.15) is 0 Å². The standard InChI is InChI=1S/C16H13F2N3O3/c1-22-13-6-11-14(21-16(13)23-2)15(10(18)7-20-11)24-12-4-3-8(19)5-9(12)17/h3-7H,19H2,1-2H3. The Bertz CT molecular complexity index is 919. The van der Waals surface area contributed by atoms with E-state index < -0.39 is 11.6 Å². The molecule has 2 aromatic heterocycles. The molecule has 0 aliphatic heterocycles. The molecule has 1 aromatic carbocycles. The van der Waals surface area contributed by atoms with Gasteiger partial charge in [0.1, 0.15) is 5.52 Å². The van der Waals surface area contributed by atoms with Crippen molar-refractivity contribution in [2.45, 2.75) is 0 Å². The molecule has 0 bridgehead atoms. The minimum atomic E-state index is -0.793. The Kier molecular flexibility index (Phi) is 4.03. The third-order valence-electron chi connectivity index (χ3n) is 3.26. The molecule has 0 saturated carbocycles. The Morgan fingerprint density at radius 3 is 2.46 bits per heavy atom. The van der Waals surface area contributed by atoms with E-state index in [0.717, 1.165) is 12.3 Å². The lowest BCUT2D eigenvalue weighted by molar-refractivity contribution is 0.344. The lowest BCUT2D eigenvalue weighted by Crippen LogP contribution is -1.99. The number of hydrogen-bond donors (Lipinski definition) is 1. The molecule has 8 heteroatoms. The van der Waals surface area contributed by atoms with Crippen LogP contribution in [0.25, 0.3) is 11.0 Å². The van der Waals surface area contributed by atoms with Gasteiger partial charge in [-0.25, -0.2) is 13.8 Å². The largest absolute Gasteiger partial charge is 0.491 e. The molecule has 6 nitrogen and oxygen atoms in total. The van der Waals surface area contributed by atoms with Crippen LogP contribution in [-0.2, 0) is 0 Å². The van der Waals surface area contributed by atoms with Crippen molar-refractivity contribution >= 4 is 16.7 Å². The van der Waals surface area contributed by atoms with Gasteiger partial charge >= 0.3 is 0 Å². The minimum Gasteiger partial charge on any atom is -0.491 e. The summed E-state index contributed by atoms with van der Waals surface area (Å²) < 4.78 is 43.7. The van der Waals surface area contributed by atoms with Crippen LogP contribution in [0, 0.1) is 11.6 Å². The molecule has 0 amide bonds. The molecule has 0 atom stereocenters. The van der Waals surface area contributed by atoms with Gasteiger partial charge < -0.3 is 19.9 Å². The average Bonchev–Trinajstić information content (AvgIpc) is 2.58. The monoisotopic (exact) mass is 333 g/mol. The van der Waals surface area contributed by atoms with Crippen molar-refractivity contribution in [2.75, 3.05) is 20.0 Å². The highest BCUT2D eigenvalue weighted by atomic mass is 19.1. The highest BCUT2D eigenvalue weighted by Gasteiger charge is 2.18. The third-order valence-corrected chi connectivity index (χ3v) is 3.26. The van der Waals surface area contributed by atoms with E-state index in [1.165, 1.54) is 32.4 Å². The van der Waals surface area contributed by atoms with Crippen LogP contribution in [0.2, 0.25) is 0 Å².